The number of benzene rings is 2. The minimum Gasteiger partial charge on any atom is -0.396 e. The third-order valence-corrected chi connectivity index (χ3v) is 4.92. The molecule has 5 N–H and O–H groups in total. The Balaban J connectivity index is 1.53. The van der Waals surface area contributed by atoms with Crippen molar-refractivity contribution < 1.29 is 9.90 Å². The number of amides is 1. The second-order valence-electron chi connectivity index (χ2n) is 7.08. The van der Waals surface area contributed by atoms with Crippen LogP contribution in [-0.4, -0.2) is 37.8 Å². The number of halogens is 1. The molecule has 0 aliphatic rings. The van der Waals surface area contributed by atoms with Gasteiger partial charge in [-0.25, -0.2) is 9.97 Å². The zero-order chi connectivity index (χ0) is 22.3. The number of nitrogens with one attached hydrogen (secondary N) is 4. The molecule has 32 heavy (non-hydrogen) atoms. The molecular formula is C22H22ClN7O2. The molecule has 0 saturated carbocycles. The van der Waals surface area contributed by atoms with E-state index >= 15 is 0 Å². The van der Waals surface area contributed by atoms with Gasteiger partial charge in [0.05, 0.1) is 0 Å². The summed E-state index contributed by atoms with van der Waals surface area (Å²) in [6.45, 7) is 0.397. The van der Waals surface area contributed by atoms with Crippen LogP contribution in [0.2, 0.25) is 5.02 Å². The number of aromatic nitrogens is 4. The van der Waals surface area contributed by atoms with Crippen molar-refractivity contribution in [2.75, 3.05) is 17.2 Å². The van der Waals surface area contributed by atoms with Crippen molar-refractivity contribution in [3.8, 4) is 0 Å². The van der Waals surface area contributed by atoms with E-state index in [1.807, 2.05) is 36.4 Å². The fourth-order valence-electron chi connectivity index (χ4n) is 3.17. The molecule has 2 aromatic heterocycles. The van der Waals surface area contributed by atoms with Crippen molar-refractivity contribution in [2.24, 2.45) is 0 Å². The number of hydrogen-bond acceptors (Lipinski definition) is 7. The topological polar surface area (TPSA) is 128 Å². The first kappa shape index (κ1) is 21.5. The fourth-order valence-corrected chi connectivity index (χ4v) is 3.36. The number of anilines is 4. The van der Waals surface area contributed by atoms with Gasteiger partial charge >= 0.3 is 0 Å². The zero-order valence-corrected chi connectivity index (χ0v) is 17.9. The maximum Gasteiger partial charge on any atom is 0.220 e. The summed E-state index contributed by atoms with van der Waals surface area (Å²) >= 11 is 6.09. The van der Waals surface area contributed by atoms with E-state index in [2.05, 4.69) is 36.1 Å². The molecule has 4 aromatic rings. The molecule has 164 valence electrons. The lowest BCUT2D eigenvalue weighted by Gasteiger charge is -2.10. The highest BCUT2D eigenvalue weighted by molar-refractivity contribution is 6.30. The Morgan fingerprint density at radius 3 is 2.62 bits per heavy atom. The summed E-state index contributed by atoms with van der Waals surface area (Å²) in [7, 11) is 0. The molecule has 0 bridgehead atoms. The smallest absolute Gasteiger partial charge is 0.220 e. The van der Waals surface area contributed by atoms with Crippen LogP contribution in [0.25, 0.3) is 11.0 Å². The molecule has 0 aliphatic carbocycles. The summed E-state index contributed by atoms with van der Waals surface area (Å²) in [5, 5.41) is 26.8. The first-order chi connectivity index (χ1) is 15.6. The highest BCUT2D eigenvalue weighted by atomic mass is 35.5. The van der Waals surface area contributed by atoms with Crippen LogP contribution in [0.15, 0.2) is 54.9 Å². The maximum absolute atomic E-state index is 11.8. The van der Waals surface area contributed by atoms with E-state index in [1.54, 1.807) is 12.1 Å². The van der Waals surface area contributed by atoms with Gasteiger partial charge in [-0.3, -0.25) is 9.89 Å². The number of aliphatic hydroxyl groups excluding tert-OH is 1. The second kappa shape index (κ2) is 10.1. The van der Waals surface area contributed by atoms with Gasteiger partial charge in [-0.2, -0.15) is 5.10 Å². The van der Waals surface area contributed by atoms with Crippen LogP contribution in [-0.2, 0) is 11.3 Å². The van der Waals surface area contributed by atoms with E-state index in [0.29, 0.717) is 47.1 Å². The number of rotatable bonds is 9. The molecule has 0 aliphatic heterocycles. The molecule has 10 heteroatoms. The minimum absolute atomic E-state index is 0.00230. The molecule has 0 saturated heterocycles. The van der Waals surface area contributed by atoms with Crippen LogP contribution in [0, 0.1) is 0 Å². The molecule has 0 atom stereocenters. The average molecular weight is 452 g/mol. The molecule has 0 spiro atoms. The summed E-state index contributed by atoms with van der Waals surface area (Å²) in [5.74, 6) is 1.06. The van der Waals surface area contributed by atoms with Gasteiger partial charge in [0, 0.05) is 36.0 Å². The van der Waals surface area contributed by atoms with Crippen molar-refractivity contribution in [3.63, 3.8) is 0 Å². The first-order valence-electron chi connectivity index (χ1n) is 10.1. The number of nitrogens with zero attached hydrogens (tertiary/aromatic N) is 3. The van der Waals surface area contributed by atoms with Crippen molar-refractivity contribution >= 4 is 51.6 Å². The van der Waals surface area contributed by atoms with Gasteiger partial charge in [0.1, 0.15) is 17.5 Å². The van der Waals surface area contributed by atoms with Crippen LogP contribution in [0.1, 0.15) is 18.4 Å². The summed E-state index contributed by atoms with van der Waals surface area (Å²) in [6, 6.07) is 15.0. The summed E-state index contributed by atoms with van der Waals surface area (Å²) in [6.07, 6.45) is 2.21. The van der Waals surface area contributed by atoms with Gasteiger partial charge in [-0.1, -0.05) is 29.8 Å². The fraction of sp³-hybridized carbons (Fsp3) is 0.182. The van der Waals surface area contributed by atoms with Crippen LogP contribution >= 0.6 is 11.6 Å². The van der Waals surface area contributed by atoms with Crippen LogP contribution < -0.4 is 16.0 Å². The van der Waals surface area contributed by atoms with Gasteiger partial charge in [0.2, 0.25) is 5.91 Å². The Morgan fingerprint density at radius 1 is 1.03 bits per heavy atom. The number of carbonyl (C=O) groups excluding carboxylic acids is 1. The number of aliphatic hydroxyl groups is 1. The standard InChI is InChI=1S/C22H22ClN7O2/c23-15-5-2-7-17(11-15)27-20-19-21(26-13-25-20)29-30-22(19)28-16-6-1-4-14(10-16)12-24-18(32)8-3-9-31/h1-2,4-7,10-11,13,31H,3,8-9,12H2,(H,24,32)(H3,25,26,27,28,29,30). The maximum atomic E-state index is 11.8. The second-order valence-corrected chi connectivity index (χ2v) is 7.52. The van der Waals surface area contributed by atoms with E-state index < -0.39 is 0 Å². The van der Waals surface area contributed by atoms with Gasteiger partial charge < -0.3 is 21.1 Å². The highest BCUT2D eigenvalue weighted by Crippen LogP contribution is 2.30. The minimum atomic E-state index is -0.0930. The van der Waals surface area contributed by atoms with Crippen LogP contribution in [0.5, 0.6) is 0 Å². The largest absolute Gasteiger partial charge is 0.396 e. The quantitative estimate of drug-likeness (QED) is 0.261. The lowest BCUT2D eigenvalue weighted by Crippen LogP contribution is -2.22. The first-order valence-corrected chi connectivity index (χ1v) is 10.5. The summed E-state index contributed by atoms with van der Waals surface area (Å²) in [5.41, 5.74) is 3.11. The Labute approximate surface area is 189 Å². The van der Waals surface area contributed by atoms with Crippen LogP contribution in [0.4, 0.5) is 23.0 Å². The molecule has 9 nitrogen and oxygen atoms in total. The SMILES string of the molecule is O=C(CCCO)NCc1cccc(Nc2n[nH]c3ncnc(Nc4cccc(Cl)c4)c23)c1. The van der Waals surface area contributed by atoms with E-state index in [-0.39, 0.29) is 12.5 Å². The number of aromatic amines is 1. The summed E-state index contributed by atoms with van der Waals surface area (Å²) < 4.78 is 0. The third-order valence-electron chi connectivity index (χ3n) is 4.69. The van der Waals surface area contributed by atoms with Crippen LogP contribution in [0.3, 0.4) is 0 Å². The molecule has 0 radical (unpaired) electrons. The Bertz CT molecular complexity index is 1230. The summed E-state index contributed by atoms with van der Waals surface area (Å²) in [4.78, 5) is 20.4. The predicted molar refractivity (Wildman–Crippen MR) is 124 cm³/mol. The number of hydrogen-bond donors (Lipinski definition) is 5. The third kappa shape index (κ3) is 5.32. The highest BCUT2D eigenvalue weighted by Gasteiger charge is 2.14. The van der Waals surface area contributed by atoms with E-state index in [0.717, 1.165) is 16.9 Å². The molecule has 2 heterocycles. The average Bonchev–Trinajstić information content (AvgIpc) is 3.20. The van der Waals surface area contributed by atoms with Crippen molar-refractivity contribution in [1.29, 1.82) is 0 Å². The monoisotopic (exact) mass is 451 g/mol. The van der Waals surface area contributed by atoms with Gasteiger partial charge in [-0.15, -0.1) is 0 Å². The lowest BCUT2D eigenvalue weighted by molar-refractivity contribution is -0.121. The van der Waals surface area contributed by atoms with E-state index in [4.69, 9.17) is 16.7 Å². The van der Waals surface area contributed by atoms with Crippen molar-refractivity contribution in [2.45, 2.75) is 19.4 Å². The van der Waals surface area contributed by atoms with Gasteiger partial charge in [-0.05, 0) is 42.3 Å². The number of carbonyl (C=O) groups is 1. The van der Waals surface area contributed by atoms with Gasteiger partial charge in [0.15, 0.2) is 11.5 Å². The molecule has 0 fully saturated rings. The van der Waals surface area contributed by atoms with E-state index in [9.17, 15) is 4.79 Å². The molecule has 1 amide bonds. The predicted octanol–water partition coefficient (Wildman–Crippen LogP) is 3.88. The molecule has 4 rings (SSSR count). The van der Waals surface area contributed by atoms with Crippen molar-refractivity contribution in [1.82, 2.24) is 25.5 Å². The molecular weight excluding hydrogens is 430 g/mol. The van der Waals surface area contributed by atoms with Crippen molar-refractivity contribution in [3.05, 3.63) is 65.4 Å². The molecule has 2 aromatic carbocycles. The zero-order valence-electron chi connectivity index (χ0n) is 17.1. The Kier molecular flexibility index (Phi) is 6.78. The Hall–Kier alpha value is -3.69. The number of H-pyrrole nitrogens is 1. The lowest BCUT2D eigenvalue weighted by atomic mass is 10.2. The number of fused-ring (bicyclic) bond motifs is 1. The Morgan fingerprint density at radius 2 is 1.81 bits per heavy atom. The normalized spacial score (nSPS) is 10.8. The van der Waals surface area contributed by atoms with E-state index in [1.165, 1.54) is 6.33 Å². The van der Waals surface area contributed by atoms with Gasteiger partial charge in [0.25, 0.3) is 0 Å². The molecule has 0 unspecified atom stereocenters.